The van der Waals surface area contributed by atoms with E-state index >= 15 is 0 Å². The highest BCUT2D eigenvalue weighted by atomic mass is 32.1. The highest BCUT2D eigenvalue weighted by Gasteiger charge is 2.12. The number of carbonyl (C=O) groups excluding carboxylic acids is 1. The van der Waals surface area contributed by atoms with E-state index in [2.05, 4.69) is 20.5 Å². The van der Waals surface area contributed by atoms with Gasteiger partial charge in [0, 0.05) is 44.8 Å². The predicted octanol–water partition coefficient (Wildman–Crippen LogP) is 1.40. The van der Waals surface area contributed by atoms with Crippen molar-refractivity contribution in [2.75, 3.05) is 51.8 Å². The summed E-state index contributed by atoms with van der Waals surface area (Å²) in [7, 11) is 1.65. The highest BCUT2D eigenvalue weighted by Crippen LogP contribution is 2.30. The summed E-state index contributed by atoms with van der Waals surface area (Å²) in [6.07, 6.45) is 3.63. The van der Waals surface area contributed by atoms with Crippen molar-refractivity contribution in [3.63, 3.8) is 0 Å². The number of hydrogen-bond acceptors (Lipinski definition) is 6. The van der Waals surface area contributed by atoms with Crippen LogP contribution in [-0.4, -0.2) is 62.2 Å². The number of ether oxygens (including phenoxy) is 1. The van der Waals surface area contributed by atoms with E-state index < -0.39 is 0 Å². The number of hydrogen-bond donors (Lipinski definition) is 2. The number of thiophene rings is 1. The maximum atomic E-state index is 11.8. The molecule has 0 aromatic carbocycles. The number of aromatic nitrogens is 1. The summed E-state index contributed by atoms with van der Waals surface area (Å²) >= 11 is 1.46. The normalized spacial score (nSPS) is 15.9. The molecule has 1 amide bonds. The minimum Gasteiger partial charge on any atom is -0.382 e. The Morgan fingerprint density at radius 2 is 2.23 bits per heavy atom. The van der Waals surface area contributed by atoms with Gasteiger partial charge in [0.05, 0.1) is 34.7 Å². The quantitative estimate of drug-likeness (QED) is 0.872. The summed E-state index contributed by atoms with van der Waals surface area (Å²) in [4.78, 5) is 19.1. The SMILES string of the molecule is CNC(=O)c1cc2c(NCCN3CCOCC3)cncc2s1. The number of carbonyl (C=O) groups is 1. The summed E-state index contributed by atoms with van der Waals surface area (Å²) < 4.78 is 6.37. The predicted molar refractivity (Wildman–Crippen MR) is 88.8 cm³/mol. The van der Waals surface area contributed by atoms with Crippen LogP contribution in [0.25, 0.3) is 10.1 Å². The molecule has 1 fully saturated rings. The van der Waals surface area contributed by atoms with Crippen LogP contribution >= 0.6 is 11.3 Å². The fourth-order valence-electron chi connectivity index (χ4n) is 2.51. The third kappa shape index (κ3) is 3.37. The molecular weight excluding hydrogens is 300 g/mol. The number of fused-ring (bicyclic) bond motifs is 1. The van der Waals surface area contributed by atoms with Gasteiger partial charge < -0.3 is 15.4 Å². The first-order valence-electron chi connectivity index (χ1n) is 7.41. The molecule has 1 aliphatic heterocycles. The van der Waals surface area contributed by atoms with Gasteiger partial charge in [0.1, 0.15) is 0 Å². The van der Waals surface area contributed by atoms with Crippen LogP contribution in [0.2, 0.25) is 0 Å². The van der Waals surface area contributed by atoms with Crippen LogP contribution in [0.4, 0.5) is 5.69 Å². The van der Waals surface area contributed by atoms with Crippen molar-refractivity contribution < 1.29 is 9.53 Å². The first-order chi connectivity index (χ1) is 10.8. The van der Waals surface area contributed by atoms with Gasteiger partial charge in [-0.1, -0.05) is 0 Å². The lowest BCUT2D eigenvalue weighted by Gasteiger charge is -2.26. The van der Waals surface area contributed by atoms with Gasteiger partial charge in [-0.05, 0) is 6.07 Å². The van der Waals surface area contributed by atoms with E-state index in [1.807, 2.05) is 12.3 Å². The second-order valence-electron chi connectivity index (χ2n) is 5.17. The molecule has 118 valence electrons. The summed E-state index contributed by atoms with van der Waals surface area (Å²) in [5, 5.41) is 7.15. The summed E-state index contributed by atoms with van der Waals surface area (Å²) in [5.41, 5.74) is 0.983. The van der Waals surface area contributed by atoms with Crippen LogP contribution in [0.1, 0.15) is 9.67 Å². The van der Waals surface area contributed by atoms with E-state index in [4.69, 9.17) is 4.74 Å². The molecule has 0 atom stereocenters. The fourth-order valence-corrected chi connectivity index (χ4v) is 3.51. The summed E-state index contributed by atoms with van der Waals surface area (Å²) in [6.45, 7) is 5.44. The molecule has 7 heteroatoms. The molecule has 2 aromatic heterocycles. The Kier molecular flexibility index (Phi) is 4.87. The molecule has 0 unspecified atom stereocenters. The molecule has 1 saturated heterocycles. The van der Waals surface area contributed by atoms with Crippen LogP contribution in [-0.2, 0) is 4.74 Å². The van der Waals surface area contributed by atoms with Crippen molar-refractivity contribution in [3.8, 4) is 0 Å². The van der Waals surface area contributed by atoms with E-state index in [9.17, 15) is 4.79 Å². The zero-order valence-electron chi connectivity index (χ0n) is 12.6. The number of pyridine rings is 1. The Morgan fingerprint density at radius 1 is 1.41 bits per heavy atom. The molecule has 0 radical (unpaired) electrons. The third-order valence-electron chi connectivity index (χ3n) is 3.74. The Hall–Kier alpha value is -1.70. The van der Waals surface area contributed by atoms with Crippen LogP contribution in [0.15, 0.2) is 18.5 Å². The molecule has 0 spiro atoms. The standard InChI is InChI=1S/C15H20N4O2S/c1-16-15(20)13-8-11-12(9-17-10-14(11)22-13)18-2-3-19-4-6-21-7-5-19/h8-10,18H,2-7H2,1H3,(H,16,20). The molecule has 0 aliphatic carbocycles. The largest absolute Gasteiger partial charge is 0.382 e. The molecule has 6 nitrogen and oxygen atoms in total. The highest BCUT2D eigenvalue weighted by molar-refractivity contribution is 7.20. The first kappa shape index (κ1) is 15.2. The Morgan fingerprint density at radius 3 is 3.00 bits per heavy atom. The van der Waals surface area contributed by atoms with Crippen LogP contribution in [0, 0.1) is 0 Å². The number of amides is 1. The molecule has 3 heterocycles. The van der Waals surface area contributed by atoms with Gasteiger partial charge in [-0.15, -0.1) is 11.3 Å². The van der Waals surface area contributed by atoms with Crippen molar-refractivity contribution in [1.82, 2.24) is 15.2 Å². The molecule has 1 aliphatic rings. The minimum absolute atomic E-state index is 0.0551. The van der Waals surface area contributed by atoms with E-state index in [0.29, 0.717) is 4.88 Å². The molecule has 22 heavy (non-hydrogen) atoms. The van der Waals surface area contributed by atoms with Crippen molar-refractivity contribution >= 4 is 33.0 Å². The van der Waals surface area contributed by atoms with Gasteiger partial charge in [0.25, 0.3) is 5.91 Å². The zero-order chi connectivity index (χ0) is 15.4. The van der Waals surface area contributed by atoms with E-state index in [1.54, 1.807) is 13.2 Å². The van der Waals surface area contributed by atoms with E-state index in [1.165, 1.54) is 11.3 Å². The van der Waals surface area contributed by atoms with Gasteiger partial charge in [-0.25, -0.2) is 0 Å². The number of anilines is 1. The maximum Gasteiger partial charge on any atom is 0.261 e. The van der Waals surface area contributed by atoms with E-state index in [-0.39, 0.29) is 5.91 Å². The third-order valence-corrected chi connectivity index (χ3v) is 4.81. The number of morpholine rings is 1. The van der Waals surface area contributed by atoms with Crippen LogP contribution < -0.4 is 10.6 Å². The number of nitrogens with zero attached hydrogens (tertiary/aromatic N) is 2. The number of nitrogens with one attached hydrogen (secondary N) is 2. The molecule has 3 rings (SSSR count). The second kappa shape index (κ2) is 7.04. The smallest absolute Gasteiger partial charge is 0.261 e. The van der Waals surface area contributed by atoms with Gasteiger partial charge in [-0.2, -0.15) is 0 Å². The maximum absolute atomic E-state index is 11.8. The van der Waals surface area contributed by atoms with Gasteiger partial charge in [0.2, 0.25) is 0 Å². The number of rotatable bonds is 5. The fraction of sp³-hybridized carbons (Fsp3) is 0.467. The monoisotopic (exact) mass is 320 g/mol. The van der Waals surface area contributed by atoms with Gasteiger partial charge >= 0.3 is 0 Å². The molecule has 0 saturated carbocycles. The minimum atomic E-state index is -0.0551. The lowest BCUT2D eigenvalue weighted by molar-refractivity contribution is 0.0398. The second-order valence-corrected chi connectivity index (χ2v) is 6.25. The molecular formula is C15H20N4O2S. The van der Waals surface area contributed by atoms with Crippen molar-refractivity contribution in [2.45, 2.75) is 0 Å². The van der Waals surface area contributed by atoms with Crippen LogP contribution in [0.3, 0.4) is 0 Å². The Balaban J connectivity index is 1.67. The first-order valence-corrected chi connectivity index (χ1v) is 8.23. The molecule has 2 aromatic rings. The van der Waals surface area contributed by atoms with E-state index in [0.717, 1.165) is 55.2 Å². The zero-order valence-corrected chi connectivity index (χ0v) is 13.4. The Labute approximate surface area is 133 Å². The van der Waals surface area contributed by atoms with Gasteiger partial charge in [0.15, 0.2) is 0 Å². The van der Waals surface area contributed by atoms with Crippen molar-refractivity contribution in [3.05, 3.63) is 23.3 Å². The Bertz CT molecular complexity index is 652. The molecule has 2 N–H and O–H groups in total. The lowest BCUT2D eigenvalue weighted by atomic mass is 10.2. The topological polar surface area (TPSA) is 66.5 Å². The summed E-state index contributed by atoms with van der Waals surface area (Å²) in [5.74, 6) is -0.0551. The van der Waals surface area contributed by atoms with Crippen molar-refractivity contribution in [1.29, 1.82) is 0 Å². The average Bonchev–Trinajstić information content (AvgIpc) is 3.00. The lowest BCUT2D eigenvalue weighted by Crippen LogP contribution is -2.39. The summed E-state index contributed by atoms with van der Waals surface area (Å²) in [6, 6.07) is 1.93. The molecule has 0 bridgehead atoms. The van der Waals surface area contributed by atoms with Crippen LogP contribution in [0.5, 0.6) is 0 Å². The van der Waals surface area contributed by atoms with Crippen molar-refractivity contribution in [2.24, 2.45) is 0 Å². The van der Waals surface area contributed by atoms with Gasteiger partial charge in [-0.3, -0.25) is 14.7 Å². The average molecular weight is 320 g/mol.